The second kappa shape index (κ2) is 7.10. The second-order valence-corrected chi connectivity index (χ2v) is 6.58. The molecule has 1 saturated carbocycles. The molecule has 21 heavy (non-hydrogen) atoms. The molecule has 4 heteroatoms. The lowest BCUT2D eigenvalue weighted by molar-refractivity contribution is 0.0956. The number of rotatable bonds is 5. The highest BCUT2D eigenvalue weighted by atomic mass is 16.5. The van der Waals surface area contributed by atoms with Crippen LogP contribution in [0.25, 0.3) is 0 Å². The largest absolute Gasteiger partial charge is 0.474 e. The van der Waals surface area contributed by atoms with E-state index in [1.165, 1.54) is 6.42 Å². The lowest BCUT2D eigenvalue weighted by Gasteiger charge is -2.31. The number of aryl methyl sites for hydroxylation is 1. The SMILES string of the molecule is CCCc1nc(NC)c(C)c(OC2CC(C)CC(C)C2)n1. The van der Waals surface area contributed by atoms with E-state index in [0.717, 1.165) is 60.6 Å². The van der Waals surface area contributed by atoms with Crippen LogP contribution in [0.1, 0.15) is 57.8 Å². The molecule has 118 valence electrons. The van der Waals surface area contributed by atoms with E-state index < -0.39 is 0 Å². The molecule has 1 aliphatic rings. The Labute approximate surface area is 128 Å². The molecule has 2 rings (SSSR count). The Morgan fingerprint density at radius 2 is 1.81 bits per heavy atom. The molecule has 4 nitrogen and oxygen atoms in total. The van der Waals surface area contributed by atoms with Crippen LogP contribution in [0, 0.1) is 18.8 Å². The van der Waals surface area contributed by atoms with Crippen molar-refractivity contribution in [1.82, 2.24) is 9.97 Å². The van der Waals surface area contributed by atoms with E-state index in [2.05, 4.69) is 36.1 Å². The van der Waals surface area contributed by atoms with Crippen molar-refractivity contribution in [3.05, 3.63) is 11.4 Å². The molecular weight excluding hydrogens is 262 g/mol. The third-order valence-electron chi connectivity index (χ3n) is 4.27. The summed E-state index contributed by atoms with van der Waals surface area (Å²) >= 11 is 0. The van der Waals surface area contributed by atoms with Crippen LogP contribution in [0.5, 0.6) is 5.88 Å². The summed E-state index contributed by atoms with van der Waals surface area (Å²) in [7, 11) is 1.90. The van der Waals surface area contributed by atoms with Crippen LogP contribution in [0.4, 0.5) is 5.82 Å². The lowest BCUT2D eigenvalue weighted by Crippen LogP contribution is -2.29. The van der Waals surface area contributed by atoms with Crippen LogP contribution >= 0.6 is 0 Å². The quantitative estimate of drug-likeness (QED) is 0.891. The third kappa shape index (κ3) is 4.08. The van der Waals surface area contributed by atoms with Crippen molar-refractivity contribution in [1.29, 1.82) is 0 Å². The molecule has 1 aromatic rings. The predicted octanol–water partition coefficient (Wildman–Crippen LogP) is 3.98. The fraction of sp³-hybridized carbons (Fsp3) is 0.765. The maximum atomic E-state index is 6.27. The number of hydrogen-bond donors (Lipinski definition) is 1. The summed E-state index contributed by atoms with van der Waals surface area (Å²) in [5, 5.41) is 3.16. The summed E-state index contributed by atoms with van der Waals surface area (Å²) in [4.78, 5) is 9.20. The molecule has 0 saturated heterocycles. The Bertz CT molecular complexity index is 465. The average Bonchev–Trinajstić information content (AvgIpc) is 2.41. The Kier molecular flexibility index (Phi) is 5.43. The van der Waals surface area contributed by atoms with Crippen molar-refractivity contribution in [3.8, 4) is 5.88 Å². The molecule has 0 aromatic carbocycles. The molecule has 1 heterocycles. The molecule has 0 aliphatic heterocycles. The Hall–Kier alpha value is -1.32. The maximum absolute atomic E-state index is 6.27. The van der Waals surface area contributed by atoms with Gasteiger partial charge in [0.2, 0.25) is 5.88 Å². The van der Waals surface area contributed by atoms with Crippen LogP contribution < -0.4 is 10.1 Å². The van der Waals surface area contributed by atoms with E-state index >= 15 is 0 Å². The van der Waals surface area contributed by atoms with Gasteiger partial charge in [-0.3, -0.25) is 0 Å². The number of anilines is 1. The normalized spacial score (nSPS) is 25.7. The Balaban J connectivity index is 2.19. The van der Waals surface area contributed by atoms with Crippen molar-refractivity contribution >= 4 is 5.82 Å². The zero-order valence-electron chi connectivity index (χ0n) is 14.1. The highest BCUT2D eigenvalue weighted by molar-refractivity contribution is 5.48. The number of ether oxygens (including phenoxy) is 1. The Morgan fingerprint density at radius 3 is 2.38 bits per heavy atom. The first-order chi connectivity index (χ1) is 10.0. The lowest BCUT2D eigenvalue weighted by atomic mass is 9.82. The standard InChI is InChI=1S/C17H29N3O/c1-6-7-15-19-16(18-5)13(4)17(20-15)21-14-9-11(2)8-12(3)10-14/h11-12,14H,6-10H2,1-5H3,(H,18,19,20). The van der Waals surface area contributed by atoms with Gasteiger partial charge >= 0.3 is 0 Å². The van der Waals surface area contributed by atoms with Crippen molar-refractivity contribution < 1.29 is 4.74 Å². The first kappa shape index (κ1) is 16.1. The zero-order valence-corrected chi connectivity index (χ0v) is 14.1. The van der Waals surface area contributed by atoms with Gasteiger partial charge in [0, 0.05) is 13.5 Å². The monoisotopic (exact) mass is 291 g/mol. The summed E-state index contributed by atoms with van der Waals surface area (Å²) in [5.74, 6) is 4.00. The van der Waals surface area contributed by atoms with Gasteiger partial charge in [0.05, 0.1) is 5.56 Å². The first-order valence-corrected chi connectivity index (χ1v) is 8.25. The highest BCUT2D eigenvalue weighted by Crippen LogP contribution is 2.32. The highest BCUT2D eigenvalue weighted by Gasteiger charge is 2.26. The third-order valence-corrected chi connectivity index (χ3v) is 4.27. The molecule has 1 N–H and O–H groups in total. The second-order valence-electron chi connectivity index (χ2n) is 6.58. The summed E-state index contributed by atoms with van der Waals surface area (Å²) in [5.41, 5.74) is 1.02. The summed E-state index contributed by atoms with van der Waals surface area (Å²) in [6.45, 7) is 8.82. The van der Waals surface area contributed by atoms with Gasteiger partial charge in [0.15, 0.2) is 0 Å². The number of nitrogens with zero attached hydrogens (tertiary/aromatic N) is 2. The fourth-order valence-corrected chi connectivity index (χ4v) is 3.36. The van der Waals surface area contributed by atoms with E-state index in [1.807, 2.05) is 14.0 Å². The number of hydrogen-bond acceptors (Lipinski definition) is 4. The van der Waals surface area contributed by atoms with Gasteiger partial charge in [-0.05, 0) is 44.4 Å². The maximum Gasteiger partial charge on any atom is 0.222 e. The predicted molar refractivity (Wildman–Crippen MR) is 86.9 cm³/mol. The van der Waals surface area contributed by atoms with Crippen LogP contribution in [0.3, 0.4) is 0 Å². The van der Waals surface area contributed by atoms with Gasteiger partial charge in [-0.25, -0.2) is 4.98 Å². The topological polar surface area (TPSA) is 47.0 Å². The Morgan fingerprint density at radius 1 is 1.14 bits per heavy atom. The van der Waals surface area contributed by atoms with Crippen molar-refractivity contribution in [2.45, 2.75) is 65.9 Å². The molecule has 1 aliphatic carbocycles. The van der Waals surface area contributed by atoms with Crippen LogP contribution in [-0.4, -0.2) is 23.1 Å². The molecule has 2 unspecified atom stereocenters. The van der Waals surface area contributed by atoms with Gasteiger partial charge in [-0.1, -0.05) is 20.8 Å². The van der Waals surface area contributed by atoms with Crippen LogP contribution in [0.15, 0.2) is 0 Å². The van der Waals surface area contributed by atoms with Crippen LogP contribution in [-0.2, 0) is 6.42 Å². The number of nitrogens with one attached hydrogen (secondary N) is 1. The van der Waals surface area contributed by atoms with Gasteiger partial charge in [-0.15, -0.1) is 0 Å². The molecule has 1 fully saturated rings. The van der Waals surface area contributed by atoms with Gasteiger partial charge in [0.25, 0.3) is 0 Å². The molecule has 0 bridgehead atoms. The van der Waals surface area contributed by atoms with E-state index in [-0.39, 0.29) is 6.10 Å². The van der Waals surface area contributed by atoms with E-state index in [4.69, 9.17) is 4.74 Å². The molecule has 1 aromatic heterocycles. The van der Waals surface area contributed by atoms with Crippen molar-refractivity contribution in [2.24, 2.45) is 11.8 Å². The molecular formula is C17H29N3O. The minimum atomic E-state index is 0.288. The van der Waals surface area contributed by atoms with Crippen LogP contribution in [0.2, 0.25) is 0 Å². The van der Waals surface area contributed by atoms with Crippen molar-refractivity contribution in [2.75, 3.05) is 12.4 Å². The minimum absolute atomic E-state index is 0.288. The first-order valence-electron chi connectivity index (χ1n) is 8.25. The molecule has 0 spiro atoms. The zero-order chi connectivity index (χ0) is 15.4. The van der Waals surface area contributed by atoms with Crippen molar-refractivity contribution in [3.63, 3.8) is 0 Å². The smallest absolute Gasteiger partial charge is 0.222 e. The van der Waals surface area contributed by atoms with Gasteiger partial charge in [-0.2, -0.15) is 4.98 Å². The molecule has 0 amide bonds. The fourth-order valence-electron chi connectivity index (χ4n) is 3.36. The summed E-state index contributed by atoms with van der Waals surface area (Å²) in [6.07, 6.45) is 5.80. The van der Waals surface area contributed by atoms with E-state index in [9.17, 15) is 0 Å². The van der Waals surface area contributed by atoms with Gasteiger partial charge in [0.1, 0.15) is 17.7 Å². The molecule has 2 atom stereocenters. The number of aromatic nitrogens is 2. The summed E-state index contributed by atoms with van der Waals surface area (Å²) < 4.78 is 6.27. The van der Waals surface area contributed by atoms with Gasteiger partial charge < -0.3 is 10.1 Å². The minimum Gasteiger partial charge on any atom is -0.474 e. The van der Waals surface area contributed by atoms with E-state index in [0.29, 0.717) is 0 Å². The van der Waals surface area contributed by atoms with E-state index in [1.54, 1.807) is 0 Å². The summed E-state index contributed by atoms with van der Waals surface area (Å²) in [6, 6.07) is 0. The average molecular weight is 291 g/mol. The molecule has 0 radical (unpaired) electrons.